The van der Waals surface area contributed by atoms with Crippen molar-refractivity contribution in [2.45, 2.75) is 33.0 Å². The van der Waals surface area contributed by atoms with E-state index in [2.05, 4.69) is 10.7 Å². The van der Waals surface area contributed by atoms with Gasteiger partial charge in [-0.05, 0) is 49.2 Å². The molecule has 0 aromatic heterocycles. The van der Waals surface area contributed by atoms with Gasteiger partial charge in [-0.2, -0.15) is 0 Å². The number of nitrogens with zero attached hydrogens (tertiary/aromatic N) is 1. The molecule has 0 spiro atoms. The fourth-order valence-corrected chi connectivity index (χ4v) is 2.97. The molecular weight excluding hydrogens is 366 g/mol. The van der Waals surface area contributed by atoms with Gasteiger partial charge in [0.1, 0.15) is 11.9 Å². The number of carbonyl (C=O) groups excluding carboxylic acids is 2. The maximum absolute atomic E-state index is 12.9. The van der Waals surface area contributed by atoms with Gasteiger partial charge in [0, 0.05) is 10.7 Å². The number of amides is 2. The Hall–Kier alpha value is -2.73. The number of hydrogen-bond acceptors (Lipinski definition) is 4. The van der Waals surface area contributed by atoms with E-state index >= 15 is 0 Å². The molecule has 0 aliphatic carbocycles. The summed E-state index contributed by atoms with van der Waals surface area (Å²) in [5.41, 5.74) is 3.98. The predicted molar refractivity (Wildman–Crippen MR) is 105 cm³/mol. The Morgan fingerprint density at radius 2 is 1.81 bits per heavy atom. The number of hydrogen-bond donors (Lipinski definition) is 2. The normalized spacial score (nSPS) is 17.1. The third-order valence-electron chi connectivity index (χ3n) is 4.32. The van der Waals surface area contributed by atoms with E-state index in [0.29, 0.717) is 16.3 Å². The van der Waals surface area contributed by atoms with Crippen LogP contribution >= 0.6 is 11.6 Å². The summed E-state index contributed by atoms with van der Waals surface area (Å²) in [4.78, 5) is 25.5. The summed E-state index contributed by atoms with van der Waals surface area (Å²) in [6, 6.07) is 14.0. The highest BCUT2D eigenvalue weighted by molar-refractivity contribution is 6.30. The van der Waals surface area contributed by atoms with Gasteiger partial charge < -0.3 is 10.1 Å². The van der Waals surface area contributed by atoms with Crippen molar-refractivity contribution in [1.82, 2.24) is 10.4 Å². The maximum atomic E-state index is 12.9. The smallest absolute Gasteiger partial charge is 0.279 e. The lowest BCUT2D eigenvalue weighted by Gasteiger charge is -2.40. The van der Waals surface area contributed by atoms with Crippen LogP contribution in [0.3, 0.4) is 0 Å². The lowest BCUT2D eigenvalue weighted by Crippen LogP contribution is -2.60. The van der Waals surface area contributed by atoms with Crippen molar-refractivity contribution in [3.63, 3.8) is 0 Å². The van der Waals surface area contributed by atoms with Crippen LogP contribution in [0.5, 0.6) is 5.75 Å². The minimum atomic E-state index is -0.788. The average Bonchev–Trinajstić information content (AvgIpc) is 2.65. The molecule has 2 aromatic rings. The molecule has 2 unspecified atom stereocenters. The number of para-hydroxylation sites is 1. The van der Waals surface area contributed by atoms with Crippen molar-refractivity contribution in [3.05, 3.63) is 59.1 Å². The average molecular weight is 388 g/mol. The number of benzene rings is 2. The van der Waals surface area contributed by atoms with Gasteiger partial charge in [0.2, 0.25) is 0 Å². The number of carbonyl (C=O) groups is 2. The van der Waals surface area contributed by atoms with Crippen LogP contribution in [0.1, 0.15) is 31.1 Å². The van der Waals surface area contributed by atoms with Gasteiger partial charge in [0.25, 0.3) is 11.8 Å². The van der Waals surface area contributed by atoms with E-state index < -0.39 is 12.0 Å². The monoisotopic (exact) mass is 387 g/mol. The second-order valence-electron chi connectivity index (χ2n) is 6.74. The Morgan fingerprint density at radius 1 is 1.15 bits per heavy atom. The molecule has 0 fully saturated rings. The van der Waals surface area contributed by atoms with E-state index in [1.807, 2.05) is 26.0 Å². The molecule has 2 N–H and O–H groups in total. The highest BCUT2D eigenvalue weighted by atomic mass is 35.5. The SMILES string of the molecule is CC(Oc1ccc(Cl)cc1)C(=O)NN1C(=O)c2ccccc2NC1C(C)C. The number of anilines is 1. The van der Waals surface area contributed by atoms with Crippen molar-refractivity contribution in [3.8, 4) is 5.75 Å². The third kappa shape index (κ3) is 4.17. The van der Waals surface area contributed by atoms with Gasteiger partial charge in [-0.3, -0.25) is 15.0 Å². The fourth-order valence-electron chi connectivity index (χ4n) is 2.84. The largest absolute Gasteiger partial charge is 0.481 e. The van der Waals surface area contributed by atoms with E-state index in [4.69, 9.17) is 16.3 Å². The van der Waals surface area contributed by atoms with Crippen LogP contribution in [-0.2, 0) is 4.79 Å². The zero-order valence-corrected chi connectivity index (χ0v) is 16.2. The number of nitrogens with one attached hydrogen (secondary N) is 2. The van der Waals surface area contributed by atoms with Gasteiger partial charge in [-0.1, -0.05) is 37.6 Å². The molecule has 1 heterocycles. The van der Waals surface area contributed by atoms with Crippen molar-refractivity contribution >= 4 is 29.1 Å². The van der Waals surface area contributed by atoms with E-state index in [1.54, 1.807) is 43.3 Å². The molecule has 2 amide bonds. The second-order valence-corrected chi connectivity index (χ2v) is 7.18. The summed E-state index contributed by atoms with van der Waals surface area (Å²) in [5, 5.41) is 5.24. The first-order valence-electron chi connectivity index (χ1n) is 8.78. The van der Waals surface area contributed by atoms with Gasteiger partial charge in [-0.15, -0.1) is 0 Å². The minimum Gasteiger partial charge on any atom is -0.481 e. The topological polar surface area (TPSA) is 70.7 Å². The number of ether oxygens (including phenoxy) is 1. The molecule has 7 heteroatoms. The molecular formula is C20H22ClN3O3. The summed E-state index contributed by atoms with van der Waals surface area (Å²) in [6.45, 7) is 5.58. The van der Waals surface area contributed by atoms with Gasteiger partial charge in [0.15, 0.2) is 6.10 Å². The van der Waals surface area contributed by atoms with E-state index in [9.17, 15) is 9.59 Å². The number of halogens is 1. The minimum absolute atomic E-state index is 0.0788. The Morgan fingerprint density at radius 3 is 2.48 bits per heavy atom. The van der Waals surface area contributed by atoms with E-state index in [1.165, 1.54) is 5.01 Å². The molecule has 1 aliphatic heterocycles. The Bertz CT molecular complexity index is 839. The molecule has 27 heavy (non-hydrogen) atoms. The van der Waals surface area contributed by atoms with Gasteiger partial charge >= 0.3 is 0 Å². The zero-order valence-electron chi connectivity index (χ0n) is 15.4. The molecule has 142 valence electrons. The molecule has 0 saturated carbocycles. The van der Waals surface area contributed by atoms with E-state index in [-0.39, 0.29) is 18.0 Å². The molecule has 6 nitrogen and oxygen atoms in total. The molecule has 3 rings (SSSR count). The highest BCUT2D eigenvalue weighted by Gasteiger charge is 2.35. The van der Waals surface area contributed by atoms with Crippen LogP contribution in [-0.4, -0.2) is 29.1 Å². The second kappa shape index (κ2) is 7.88. The van der Waals surface area contributed by atoms with Crippen molar-refractivity contribution in [2.75, 3.05) is 5.32 Å². The summed E-state index contributed by atoms with van der Waals surface area (Å²) in [5.74, 6) is -0.0637. The summed E-state index contributed by atoms with van der Waals surface area (Å²) in [7, 11) is 0. The zero-order chi connectivity index (χ0) is 19.6. The Balaban J connectivity index is 1.74. The Labute approximate surface area is 163 Å². The molecule has 2 atom stereocenters. The molecule has 2 aromatic carbocycles. The first-order chi connectivity index (χ1) is 12.9. The molecule has 1 aliphatic rings. The number of fused-ring (bicyclic) bond motifs is 1. The van der Waals surface area contributed by atoms with Crippen LogP contribution in [0.2, 0.25) is 5.02 Å². The summed E-state index contributed by atoms with van der Waals surface area (Å²) >= 11 is 5.86. The van der Waals surface area contributed by atoms with Crippen LogP contribution in [0.4, 0.5) is 5.69 Å². The Kier molecular flexibility index (Phi) is 5.56. The van der Waals surface area contributed by atoms with Gasteiger partial charge in [-0.25, -0.2) is 5.01 Å². The molecule has 0 radical (unpaired) electrons. The van der Waals surface area contributed by atoms with E-state index in [0.717, 1.165) is 5.69 Å². The maximum Gasteiger partial charge on any atom is 0.279 e. The van der Waals surface area contributed by atoms with Crippen molar-refractivity contribution < 1.29 is 14.3 Å². The number of hydrazine groups is 1. The van der Waals surface area contributed by atoms with Crippen LogP contribution in [0.25, 0.3) is 0 Å². The van der Waals surface area contributed by atoms with Crippen LogP contribution in [0.15, 0.2) is 48.5 Å². The molecule has 0 bridgehead atoms. The van der Waals surface area contributed by atoms with Gasteiger partial charge in [0.05, 0.1) is 5.56 Å². The van der Waals surface area contributed by atoms with Crippen LogP contribution in [0, 0.1) is 5.92 Å². The first-order valence-corrected chi connectivity index (χ1v) is 9.16. The fraction of sp³-hybridized carbons (Fsp3) is 0.300. The summed E-state index contributed by atoms with van der Waals surface area (Å²) in [6.07, 6.45) is -1.15. The predicted octanol–water partition coefficient (Wildman–Crippen LogP) is 3.69. The molecule has 0 saturated heterocycles. The number of rotatable bonds is 5. The van der Waals surface area contributed by atoms with Crippen molar-refractivity contribution in [2.24, 2.45) is 5.92 Å². The third-order valence-corrected chi connectivity index (χ3v) is 4.57. The quantitative estimate of drug-likeness (QED) is 0.820. The van der Waals surface area contributed by atoms with Crippen LogP contribution < -0.4 is 15.5 Å². The standard InChI is InChI=1S/C20H22ClN3O3/c1-12(2)18-22-17-7-5-4-6-16(17)20(26)24(18)23-19(25)13(3)27-15-10-8-14(21)9-11-15/h4-13,18,22H,1-3H3,(H,23,25). The summed E-state index contributed by atoms with van der Waals surface area (Å²) < 4.78 is 5.64. The highest BCUT2D eigenvalue weighted by Crippen LogP contribution is 2.27. The first kappa shape index (κ1) is 19.0. The van der Waals surface area contributed by atoms with Crippen molar-refractivity contribution in [1.29, 1.82) is 0 Å². The lowest BCUT2D eigenvalue weighted by molar-refractivity contribution is -0.132. The lowest BCUT2D eigenvalue weighted by atomic mass is 10.0.